The first-order valence-electron chi connectivity index (χ1n) is 6.02. The Morgan fingerprint density at radius 3 is 2.76 bits per heavy atom. The highest BCUT2D eigenvalue weighted by Crippen LogP contribution is 2.18. The quantitative estimate of drug-likeness (QED) is 0.801. The summed E-state index contributed by atoms with van der Waals surface area (Å²) in [6, 6.07) is 10.9. The summed E-state index contributed by atoms with van der Waals surface area (Å²) in [5.41, 5.74) is 1.33. The van der Waals surface area contributed by atoms with Gasteiger partial charge in [-0.15, -0.1) is 0 Å². The predicted octanol–water partition coefficient (Wildman–Crippen LogP) is 2.44. The van der Waals surface area contributed by atoms with Crippen LogP contribution in [0.25, 0.3) is 0 Å². The zero-order chi connectivity index (χ0) is 11.9. The van der Waals surface area contributed by atoms with Crippen LogP contribution < -0.4 is 5.32 Å². The summed E-state index contributed by atoms with van der Waals surface area (Å²) < 4.78 is 0. The van der Waals surface area contributed by atoms with Crippen LogP contribution in [-0.2, 0) is 6.54 Å². The highest BCUT2D eigenvalue weighted by molar-refractivity contribution is 5.18. The van der Waals surface area contributed by atoms with Gasteiger partial charge in [-0.05, 0) is 12.0 Å². The maximum atomic E-state index is 4.11. The number of aromatic nitrogens is 3. The molecule has 0 radical (unpaired) electrons. The van der Waals surface area contributed by atoms with E-state index in [0.717, 1.165) is 25.2 Å². The van der Waals surface area contributed by atoms with Gasteiger partial charge in [-0.2, -0.15) is 5.10 Å². The van der Waals surface area contributed by atoms with E-state index in [9.17, 15) is 0 Å². The van der Waals surface area contributed by atoms with E-state index in [2.05, 4.69) is 51.7 Å². The summed E-state index contributed by atoms with van der Waals surface area (Å²) in [7, 11) is 0. The van der Waals surface area contributed by atoms with Crippen molar-refractivity contribution in [3.8, 4) is 0 Å². The minimum Gasteiger partial charge on any atom is -0.303 e. The Bertz CT molecular complexity index is 410. The number of benzene rings is 1. The zero-order valence-electron chi connectivity index (χ0n) is 10.1. The summed E-state index contributed by atoms with van der Waals surface area (Å²) >= 11 is 0. The van der Waals surface area contributed by atoms with Crippen molar-refractivity contribution >= 4 is 0 Å². The van der Waals surface area contributed by atoms with E-state index in [0.29, 0.717) is 6.04 Å². The number of nitrogens with one attached hydrogen (secondary N) is 2. The molecule has 4 heteroatoms. The lowest BCUT2D eigenvalue weighted by atomic mass is 10.0. The maximum Gasteiger partial charge on any atom is 0.138 e. The van der Waals surface area contributed by atoms with Gasteiger partial charge in [0.1, 0.15) is 12.2 Å². The van der Waals surface area contributed by atoms with Gasteiger partial charge in [0.25, 0.3) is 0 Å². The number of aromatic amines is 1. The Balaban J connectivity index is 1.98. The van der Waals surface area contributed by atoms with Gasteiger partial charge in [-0.25, -0.2) is 4.98 Å². The largest absolute Gasteiger partial charge is 0.303 e. The van der Waals surface area contributed by atoms with E-state index >= 15 is 0 Å². The predicted molar refractivity (Wildman–Crippen MR) is 67.3 cm³/mol. The van der Waals surface area contributed by atoms with E-state index < -0.39 is 0 Å². The second-order valence-electron chi connectivity index (χ2n) is 4.07. The number of hydrogen-bond acceptors (Lipinski definition) is 3. The third-order valence-electron chi connectivity index (χ3n) is 2.76. The number of hydrogen-bond donors (Lipinski definition) is 2. The van der Waals surface area contributed by atoms with E-state index in [4.69, 9.17) is 0 Å². The molecule has 1 aromatic heterocycles. The molecule has 2 aromatic rings. The van der Waals surface area contributed by atoms with Gasteiger partial charge in [-0.1, -0.05) is 43.7 Å². The lowest BCUT2D eigenvalue weighted by molar-refractivity contribution is 0.485. The summed E-state index contributed by atoms with van der Waals surface area (Å²) in [5.74, 6) is 0.877. The third kappa shape index (κ3) is 3.39. The summed E-state index contributed by atoms with van der Waals surface area (Å²) in [6.07, 6.45) is 3.81. The van der Waals surface area contributed by atoms with Crippen molar-refractivity contribution < 1.29 is 0 Å². The molecule has 90 valence electrons. The Hall–Kier alpha value is -1.68. The normalized spacial score (nSPS) is 12.5. The molecule has 2 N–H and O–H groups in total. The van der Waals surface area contributed by atoms with Crippen molar-refractivity contribution in [1.29, 1.82) is 0 Å². The molecular formula is C13H18N4. The van der Waals surface area contributed by atoms with Crippen LogP contribution in [-0.4, -0.2) is 15.2 Å². The average molecular weight is 230 g/mol. The standard InChI is InChI=1S/C13H18N4/c1-2-6-12(11-7-4-3-5-8-11)14-9-13-15-10-16-17-13/h3-5,7-8,10,12,14H,2,6,9H2,1H3,(H,15,16,17). The van der Waals surface area contributed by atoms with Crippen LogP contribution in [0.4, 0.5) is 0 Å². The molecule has 0 aliphatic carbocycles. The molecule has 0 fully saturated rings. The van der Waals surface area contributed by atoms with Gasteiger partial charge in [-0.3, -0.25) is 5.10 Å². The SMILES string of the molecule is CCCC(NCc1ncn[nH]1)c1ccccc1. The van der Waals surface area contributed by atoms with E-state index in [1.165, 1.54) is 11.9 Å². The molecule has 1 unspecified atom stereocenters. The van der Waals surface area contributed by atoms with Crippen LogP contribution >= 0.6 is 0 Å². The van der Waals surface area contributed by atoms with Gasteiger partial charge in [0.15, 0.2) is 0 Å². The van der Waals surface area contributed by atoms with E-state index in [1.54, 1.807) is 0 Å². The maximum absolute atomic E-state index is 4.11. The van der Waals surface area contributed by atoms with Crippen molar-refractivity contribution in [3.05, 3.63) is 48.0 Å². The van der Waals surface area contributed by atoms with Gasteiger partial charge in [0.2, 0.25) is 0 Å². The highest BCUT2D eigenvalue weighted by Gasteiger charge is 2.09. The first-order valence-corrected chi connectivity index (χ1v) is 6.02. The fourth-order valence-corrected chi connectivity index (χ4v) is 1.90. The first-order chi connectivity index (χ1) is 8.40. The Kier molecular flexibility index (Phi) is 4.27. The van der Waals surface area contributed by atoms with E-state index in [-0.39, 0.29) is 0 Å². The minimum atomic E-state index is 0.381. The number of rotatable bonds is 6. The molecule has 1 atom stereocenters. The second kappa shape index (κ2) is 6.15. The van der Waals surface area contributed by atoms with Crippen molar-refractivity contribution in [2.45, 2.75) is 32.4 Å². The van der Waals surface area contributed by atoms with Crippen molar-refractivity contribution in [1.82, 2.24) is 20.5 Å². The number of nitrogens with zero attached hydrogens (tertiary/aromatic N) is 2. The first kappa shape index (κ1) is 11.8. The molecule has 0 saturated heterocycles. The number of H-pyrrole nitrogens is 1. The summed E-state index contributed by atoms with van der Waals surface area (Å²) in [4.78, 5) is 4.11. The van der Waals surface area contributed by atoms with Crippen LogP contribution in [0, 0.1) is 0 Å². The molecule has 0 spiro atoms. The molecular weight excluding hydrogens is 212 g/mol. The average Bonchev–Trinajstić information content (AvgIpc) is 2.88. The van der Waals surface area contributed by atoms with Gasteiger partial charge in [0, 0.05) is 6.04 Å². The van der Waals surface area contributed by atoms with Gasteiger partial charge < -0.3 is 5.32 Å². The smallest absolute Gasteiger partial charge is 0.138 e. The van der Waals surface area contributed by atoms with Crippen LogP contribution in [0.2, 0.25) is 0 Å². The highest BCUT2D eigenvalue weighted by atomic mass is 15.2. The lowest BCUT2D eigenvalue weighted by Gasteiger charge is -2.17. The van der Waals surface area contributed by atoms with Crippen molar-refractivity contribution in [2.75, 3.05) is 0 Å². The molecule has 1 aromatic carbocycles. The van der Waals surface area contributed by atoms with Gasteiger partial charge >= 0.3 is 0 Å². The Morgan fingerprint density at radius 2 is 2.12 bits per heavy atom. The topological polar surface area (TPSA) is 53.6 Å². The molecule has 2 rings (SSSR count). The fraction of sp³-hybridized carbons (Fsp3) is 0.385. The van der Waals surface area contributed by atoms with Crippen molar-refractivity contribution in [3.63, 3.8) is 0 Å². The molecule has 1 heterocycles. The molecule has 17 heavy (non-hydrogen) atoms. The van der Waals surface area contributed by atoms with Crippen LogP contribution in [0.15, 0.2) is 36.7 Å². The van der Waals surface area contributed by atoms with Crippen LogP contribution in [0.3, 0.4) is 0 Å². The molecule has 0 amide bonds. The van der Waals surface area contributed by atoms with E-state index in [1.807, 2.05) is 6.07 Å². The Labute approximate surface area is 101 Å². The molecule has 0 saturated carbocycles. The molecule has 4 nitrogen and oxygen atoms in total. The Morgan fingerprint density at radius 1 is 1.29 bits per heavy atom. The van der Waals surface area contributed by atoms with Gasteiger partial charge in [0.05, 0.1) is 6.54 Å². The van der Waals surface area contributed by atoms with Crippen LogP contribution in [0.1, 0.15) is 37.2 Å². The molecule has 0 bridgehead atoms. The van der Waals surface area contributed by atoms with Crippen molar-refractivity contribution in [2.24, 2.45) is 0 Å². The summed E-state index contributed by atoms with van der Waals surface area (Å²) in [6.45, 7) is 2.92. The summed E-state index contributed by atoms with van der Waals surface area (Å²) in [5, 5.41) is 10.2. The fourth-order valence-electron chi connectivity index (χ4n) is 1.90. The molecule has 0 aliphatic rings. The monoisotopic (exact) mass is 230 g/mol. The van der Waals surface area contributed by atoms with Crippen LogP contribution in [0.5, 0.6) is 0 Å². The minimum absolute atomic E-state index is 0.381. The molecule has 0 aliphatic heterocycles. The second-order valence-corrected chi connectivity index (χ2v) is 4.07. The lowest BCUT2D eigenvalue weighted by Crippen LogP contribution is -2.21. The third-order valence-corrected chi connectivity index (χ3v) is 2.76. The zero-order valence-corrected chi connectivity index (χ0v) is 10.1.